The monoisotopic (exact) mass is 213 g/mol. The third-order valence-electron chi connectivity index (χ3n) is 2.83. The van der Waals surface area contributed by atoms with Crippen LogP contribution in [0.1, 0.15) is 23.7 Å². The summed E-state index contributed by atoms with van der Waals surface area (Å²) in [6.45, 7) is 6.97. The minimum absolute atomic E-state index is 0.722. The Morgan fingerprint density at radius 3 is 2.94 bits per heavy atom. The van der Waals surface area contributed by atoms with Crippen molar-refractivity contribution in [1.82, 2.24) is 4.57 Å². The fourth-order valence-corrected chi connectivity index (χ4v) is 1.78. The molecule has 0 N–H and O–H groups in total. The van der Waals surface area contributed by atoms with Gasteiger partial charge in [-0.3, -0.25) is 4.79 Å². The lowest BCUT2D eigenvalue weighted by molar-refractivity contribution is 0.112. The van der Waals surface area contributed by atoms with Crippen molar-refractivity contribution >= 4 is 17.2 Å². The van der Waals surface area contributed by atoms with Gasteiger partial charge in [0.25, 0.3) is 0 Å². The summed E-state index contributed by atoms with van der Waals surface area (Å²) in [7, 11) is 0. The third kappa shape index (κ3) is 1.91. The quantitative estimate of drug-likeness (QED) is 0.563. The summed E-state index contributed by atoms with van der Waals surface area (Å²) in [6, 6.07) is 7.78. The summed E-state index contributed by atoms with van der Waals surface area (Å²) < 4.78 is 2.16. The maximum Gasteiger partial charge on any atom is 0.150 e. The van der Waals surface area contributed by atoms with Gasteiger partial charge in [0.2, 0.25) is 0 Å². The summed E-state index contributed by atoms with van der Waals surface area (Å²) in [5, 5.41) is 1.11. The van der Waals surface area contributed by atoms with E-state index in [9.17, 15) is 4.79 Å². The standard InChI is InChI=1S/C14H15NO/c1-3-11(2)9-15-7-6-13-8-12(10-16)4-5-14(13)15/h4-8,10H,2-3,9H2,1H3. The molecule has 0 radical (unpaired) electrons. The average molecular weight is 213 g/mol. The molecule has 0 aliphatic heterocycles. The second kappa shape index (κ2) is 4.35. The molecule has 0 aliphatic rings. The molecule has 1 aromatic carbocycles. The third-order valence-corrected chi connectivity index (χ3v) is 2.83. The summed E-state index contributed by atoms with van der Waals surface area (Å²) in [5.41, 5.74) is 3.08. The number of hydrogen-bond acceptors (Lipinski definition) is 1. The van der Waals surface area contributed by atoms with Gasteiger partial charge in [-0.05, 0) is 30.7 Å². The maximum absolute atomic E-state index is 10.7. The second-order valence-corrected chi connectivity index (χ2v) is 3.98. The number of aldehydes is 1. The van der Waals surface area contributed by atoms with E-state index in [1.165, 1.54) is 5.57 Å². The first-order valence-electron chi connectivity index (χ1n) is 5.45. The molecule has 82 valence electrons. The first-order chi connectivity index (χ1) is 7.74. The van der Waals surface area contributed by atoms with Gasteiger partial charge in [0.1, 0.15) is 6.29 Å². The first kappa shape index (κ1) is 10.7. The van der Waals surface area contributed by atoms with Gasteiger partial charge in [0.15, 0.2) is 0 Å². The van der Waals surface area contributed by atoms with Gasteiger partial charge in [-0.1, -0.05) is 19.1 Å². The van der Waals surface area contributed by atoms with Crippen LogP contribution >= 0.6 is 0 Å². The summed E-state index contributed by atoms with van der Waals surface area (Å²) in [6.07, 6.45) is 3.91. The summed E-state index contributed by atoms with van der Waals surface area (Å²) >= 11 is 0. The van der Waals surface area contributed by atoms with Crippen LogP contribution in [0.25, 0.3) is 10.9 Å². The molecule has 0 unspecified atom stereocenters. The van der Waals surface area contributed by atoms with Crippen LogP contribution in [0.4, 0.5) is 0 Å². The molecule has 1 aromatic heterocycles. The van der Waals surface area contributed by atoms with Crippen LogP contribution in [0.2, 0.25) is 0 Å². The molecular formula is C14H15NO. The Morgan fingerprint density at radius 2 is 2.25 bits per heavy atom. The molecule has 0 spiro atoms. The van der Waals surface area contributed by atoms with Crippen molar-refractivity contribution < 1.29 is 4.79 Å². The lowest BCUT2D eigenvalue weighted by Gasteiger charge is -2.06. The van der Waals surface area contributed by atoms with Crippen LogP contribution in [-0.2, 0) is 6.54 Å². The molecule has 2 heteroatoms. The van der Waals surface area contributed by atoms with E-state index in [1.807, 2.05) is 30.5 Å². The van der Waals surface area contributed by atoms with E-state index in [0.29, 0.717) is 0 Å². The van der Waals surface area contributed by atoms with Crippen LogP contribution in [0.5, 0.6) is 0 Å². The van der Waals surface area contributed by atoms with Gasteiger partial charge in [-0.15, -0.1) is 0 Å². The first-order valence-corrected chi connectivity index (χ1v) is 5.45. The number of benzene rings is 1. The smallest absolute Gasteiger partial charge is 0.150 e. The fourth-order valence-electron chi connectivity index (χ4n) is 1.78. The van der Waals surface area contributed by atoms with Gasteiger partial charge in [0.05, 0.1) is 0 Å². The number of aromatic nitrogens is 1. The molecule has 2 aromatic rings. The van der Waals surface area contributed by atoms with Crippen molar-refractivity contribution in [1.29, 1.82) is 0 Å². The lowest BCUT2D eigenvalue weighted by atomic mass is 10.2. The zero-order valence-electron chi connectivity index (χ0n) is 9.44. The number of carbonyl (C=O) groups excluding carboxylic acids is 1. The van der Waals surface area contributed by atoms with E-state index in [4.69, 9.17) is 0 Å². The van der Waals surface area contributed by atoms with E-state index in [-0.39, 0.29) is 0 Å². The number of fused-ring (bicyclic) bond motifs is 1. The number of hydrogen-bond donors (Lipinski definition) is 0. The van der Waals surface area contributed by atoms with E-state index in [2.05, 4.69) is 18.1 Å². The largest absolute Gasteiger partial charge is 0.343 e. The van der Waals surface area contributed by atoms with Crippen LogP contribution in [0, 0.1) is 0 Å². The number of carbonyl (C=O) groups is 1. The van der Waals surface area contributed by atoms with Gasteiger partial charge >= 0.3 is 0 Å². The Hall–Kier alpha value is -1.83. The van der Waals surface area contributed by atoms with E-state index < -0.39 is 0 Å². The van der Waals surface area contributed by atoms with Crippen LogP contribution < -0.4 is 0 Å². The predicted molar refractivity (Wildman–Crippen MR) is 66.8 cm³/mol. The molecule has 2 rings (SSSR count). The molecule has 0 bridgehead atoms. The van der Waals surface area contributed by atoms with E-state index >= 15 is 0 Å². The normalized spacial score (nSPS) is 10.6. The molecule has 0 atom stereocenters. The van der Waals surface area contributed by atoms with Gasteiger partial charge in [-0.2, -0.15) is 0 Å². The second-order valence-electron chi connectivity index (χ2n) is 3.98. The Morgan fingerprint density at radius 1 is 1.44 bits per heavy atom. The van der Waals surface area contributed by atoms with Gasteiger partial charge in [-0.25, -0.2) is 0 Å². The number of rotatable bonds is 4. The molecule has 0 saturated heterocycles. The number of allylic oxidation sites excluding steroid dienone is 1. The minimum atomic E-state index is 0.722. The molecule has 0 fully saturated rings. The zero-order valence-corrected chi connectivity index (χ0v) is 9.44. The molecule has 0 saturated carbocycles. The van der Waals surface area contributed by atoms with Crippen LogP contribution in [-0.4, -0.2) is 10.9 Å². The van der Waals surface area contributed by atoms with Crippen LogP contribution in [0.3, 0.4) is 0 Å². The van der Waals surface area contributed by atoms with Crippen molar-refractivity contribution in [3.05, 3.63) is 48.2 Å². The highest BCUT2D eigenvalue weighted by Gasteiger charge is 2.02. The fraction of sp³-hybridized carbons (Fsp3) is 0.214. The van der Waals surface area contributed by atoms with Crippen molar-refractivity contribution in [2.45, 2.75) is 19.9 Å². The van der Waals surface area contributed by atoms with Crippen molar-refractivity contribution in [3.63, 3.8) is 0 Å². The van der Waals surface area contributed by atoms with Crippen molar-refractivity contribution in [3.8, 4) is 0 Å². The molecule has 16 heavy (non-hydrogen) atoms. The predicted octanol–water partition coefficient (Wildman–Crippen LogP) is 3.42. The summed E-state index contributed by atoms with van der Waals surface area (Å²) in [5.74, 6) is 0. The highest BCUT2D eigenvalue weighted by molar-refractivity contribution is 5.87. The van der Waals surface area contributed by atoms with Gasteiger partial charge < -0.3 is 4.57 Å². The van der Waals surface area contributed by atoms with Crippen molar-refractivity contribution in [2.24, 2.45) is 0 Å². The lowest BCUT2D eigenvalue weighted by Crippen LogP contribution is -1.97. The SMILES string of the molecule is C=C(CC)Cn1ccc2cc(C=O)ccc21. The molecule has 0 aliphatic carbocycles. The molecule has 2 nitrogen and oxygen atoms in total. The highest BCUT2D eigenvalue weighted by atomic mass is 16.1. The Bertz CT molecular complexity index is 537. The number of nitrogens with zero attached hydrogens (tertiary/aromatic N) is 1. The maximum atomic E-state index is 10.7. The van der Waals surface area contributed by atoms with E-state index in [0.717, 1.165) is 35.7 Å². The molecule has 1 heterocycles. The minimum Gasteiger partial charge on any atom is -0.343 e. The van der Waals surface area contributed by atoms with Crippen LogP contribution in [0.15, 0.2) is 42.6 Å². The summed E-state index contributed by atoms with van der Waals surface area (Å²) in [4.78, 5) is 10.7. The topological polar surface area (TPSA) is 22.0 Å². The van der Waals surface area contributed by atoms with E-state index in [1.54, 1.807) is 0 Å². The Kier molecular flexibility index (Phi) is 2.91. The Labute approximate surface area is 95.2 Å². The Balaban J connectivity index is 2.41. The highest BCUT2D eigenvalue weighted by Crippen LogP contribution is 2.18. The molecule has 0 amide bonds. The van der Waals surface area contributed by atoms with Gasteiger partial charge in [0, 0.05) is 29.2 Å². The molecular weight excluding hydrogens is 198 g/mol. The average Bonchev–Trinajstić information content (AvgIpc) is 2.71. The zero-order chi connectivity index (χ0) is 11.5. The van der Waals surface area contributed by atoms with Crippen molar-refractivity contribution in [2.75, 3.05) is 0 Å².